The van der Waals surface area contributed by atoms with Gasteiger partial charge in [0.05, 0.1) is 11.6 Å². The van der Waals surface area contributed by atoms with Gasteiger partial charge in [-0.25, -0.2) is 15.0 Å². The molecule has 2 aliphatic rings. The molecule has 2 aromatic heterocycles. The fourth-order valence-electron chi connectivity index (χ4n) is 8.60. The highest BCUT2D eigenvalue weighted by Gasteiger charge is 2.45. The zero-order chi connectivity index (χ0) is 33.9. The monoisotopic (exact) mass is 656 g/mol. The molecule has 2 aliphatic carbocycles. The van der Waals surface area contributed by atoms with E-state index in [-0.39, 0.29) is 5.41 Å². The average Bonchev–Trinajstić information content (AvgIpc) is 3.71. The topological polar surface area (TPSA) is 75.6 Å². The van der Waals surface area contributed by atoms with Gasteiger partial charge in [0.25, 0.3) is 0 Å². The van der Waals surface area contributed by atoms with E-state index in [1.54, 1.807) is 0 Å². The molecule has 0 amide bonds. The molecule has 6 aromatic carbocycles. The second-order valence-corrected chi connectivity index (χ2v) is 13.8. The minimum absolute atomic E-state index is 0.0698. The van der Waals surface area contributed by atoms with Crippen molar-refractivity contribution in [1.29, 1.82) is 5.26 Å². The minimum atomic E-state index is -0.0698. The molecule has 0 saturated heterocycles. The van der Waals surface area contributed by atoms with Gasteiger partial charge in [-0.1, -0.05) is 122 Å². The van der Waals surface area contributed by atoms with Gasteiger partial charge < -0.3 is 4.42 Å². The standard InChI is InChI=1S/C46H32N4O/c47-28-29-16-22-35-38-14-9-13-34(42(38)46(39(35)26-29)24-7-2-8-25-46)30-17-19-32(20-18-30)44-48-43(31-10-3-1-4-11-31)49-45(50-44)33-21-23-37-36-12-5-6-15-40(36)51-41(37)27-33/h1,3-6,9-23,26-27H,2,7-8,24-25H2. The average molecular weight is 657 g/mol. The molecule has 0 N–H and O–H groups in total. The zero-order valence-corrected chi connectivity index (χ0v) is 27.9. The molecule has 51 heavy (non-hydrogen) atoms. The number of nitrogens with zero attached hydrogens (tertiary/aromatic N) is 4. The Labute approximate surface area is 295 Å². The van der Waals surface area contributed by atoms with Crippen molar-refractivity contribution in [3.8, 4) is 62.5 Å². The van der Waals surface area contributed by atoms with E-state index in [0.717, 1.165) is 57.0 Å². The summed E-state index contributed by atoms with van der Waals surface area (Å²) in [5.41, 5.74) is 12.8. The van der Waals surface area contributed by atoms with E-state index in [9.17, 15) is 5.26 Å². The smallest absolute Gasteiger partial charge is 0.164 e. The second kappa shape index (κ2) is 11.6. The van der Waals surface area contributed by atoms with E-state index >= 15 is 0 Å². The highest BCUT2D eigenvalue weighted by molar-refractivity contribution is 6.05. The van der Waals surface area contributed by atoms with Crippen molar-refractivity contribution in [2.75, 3.05) is 0 Å². The van der Waals surface area contributed by atoms with Crippen LogP contribution in [-0.2, 0) is 5.41 Å². The van der Waals surface area contributed by atoms with Gasteiger partial charge in [-0.15, -0.1) is 0 Å². The maximum Gasteiger partial charge on any atom is 0.164 e. The van der Waals surface area contributed by atoms with E-state index in [2.05, 4.69) is 78.9 Å². The van der Waals surface area contributed by atoms with E-state index < -0.39 is 0 Å². The Morgan fingerprint density at radius 2 is 1.16 bits per heavy atom. The van der Waals surface area contributed by atoms with E-state index in [1.807, 2.05) is 60.7 Å². The van der Waals surface area contributed by atoms with Crippen molar-refractivity contribution in [1.82, 2.24) is 15.0 Å². The summed E-state index contributed by atoms with van der Waals surface area (Å²) in [5.74, 6) is 1.84. The van der Waals surface area contributed by atoms with Gasteiger partial charge in [-0.3, -0.25) is 0 Å². The van der Waals surface area contributed by atoms with E-state index in [4.69, 9.17) is 19.4 Å². The first-order chi connectivity index (χ1) is 25.2. The van der Waals surface area contributed by atoms with Crippen LogP contribution in [0.1, 0.15) is 48.8 Å². The summed E-state index contributed by atoms with van der Waals surface area (Å²) in [6, 6.07) is 48.4. The Hall–Kier alpha value is -6.38. The Bertz CT molecular complexity index is 2680. The molecule has 1 spiro atoms. The largest absolute Gasteiger partial charge is 0.456 e. The van der Waals surface area contributed by atoms with Gasteiger partial charge in [0.1, 0.15) is 11.2 Å². The highest BCUT2D eigenvalue weighted by atomic mass is 16.3. The number of fused-ring (bicyclic) bond motifs is 8. The molecule has 242 valence electrons. The second-order valence-electron chi connectivity index (χ2n) is 13.8. The predicted octanol–water partition coefficient (Wildman–Crippen LogP) is 11.5. The number of nitriles is 1. The highest BCUT2D eigenvalue weighted by Crippen LogP contribution is 2.58. The molecule has 5 heteroatoms. The molecule has 10 rings (SSSR count). The van der Waals surface area contributed by atoms with Crippen LogP contribution >= 0.6 is 0 Å². The fourth-order valence-corrected chi connectivity index (χ4v) is 8.60. The van der Waals surface area contributed by atoms with Gasteiger partial charge in [0.15, 0.2) is 17.5 Å². The molecule has 0 radical (unpaired) electrons. The third-order valence-electron chi connectivity index (χ3n) is 11.0. The minimum Gasteiger partial charge on any atom is -0.456 e. The van der Waals surface area contributed by atoms with Crippen molar-refractivity contribution in [2.45, 2.75) is 37.5 Å². The van der Waals surface area contributed by atoms with Gasteiger partial charge in [-0.05, 0) is 76.6 Å². The Morgan fingerprint density at radius 1 is 0.510 bits per heavy atom. The van der Waals surface area contributed by atoms with Crippen LogP contribution < -0.4 is 0 Å². The quantitative estimate of drug-likeness (QED) is 0.188. The van der Waals surface area contributed by atoms with Gasteiger partial charge >= 0.3 is 0 Å². The van der Waals surface area contributed by atoms with Crippen LogP contribution in [0, 0.1) is 11.3 Å². The van der Waals surface area contributed by atoms with Crippen molar-refractivity contribution >= 4 is 21.9 Å². The van der Waals surface area contributed by atoms with Crippen molar-refractivity contribution in [2.24, 2.45) is 0 Å². The molecule has 8 aromatic rings. The lowest BCUT2D eigenvalue weighted by atomic mass is 9.66. The number of para-hydroxylation sites is 1. The molecule has 1 fully saturated rings. The molecule has 0 atom stereocenters. The Kier molecular flexibility index (Phi) is 6.72. The summed E-state index contributed by atoms with van der Waals surface area (Å²) in [5, 5.41) is 12.0. The summed E-state index contributed by atoms with van der Waals surface area (Å²) >= 11 is 0. The zero-order valence-electron chi connectivity index (χ0n) is 27.9. The maximum absolute atomic E-state index is 9.79. The van der Waals surface area contributed by atoms with E-state index in [0.29, 0.717) is 17.5 Å². The SMILES string of the molecule is N#Cc1ccc2c(c1)C1(CCCCC1)c1c(-c3ccc(-c4nc(-c5ccccc5)nc(-c5ccc6c(c5)oc5ccccc56)n4)cc3)cccc1-2. The molecular weight excluding hydrogens is 625 g/mol. The third kappa shape index (κ3) is 4.71. The van der Waals surface area contributed by atoms with Crippen LogP contribution in [-0.4, -0.2) is 15.0 Å². The van der Waals surface area contributed by atoms with Crippen LogP contribution in [0.25, 0.3) is 78.4 Å². The molecule has 5 nitrogen and oxygen atoms in total. The molecular formula is C46H32N4O. The van der Waals surface area contributed by atoms with Crippen molar-refractivity contribution in [3.63, 3.8) is 0 Å². The number of furan rings is 1. The van der Waals surface area contributed by atoms with Gasteiger partial charge in [0.2, 0.25) is 0 Å². The summed E-state index contributed by atoms with van der Waals surface area (Å²) in [6.45, 7) is 0. The molecule has 0 unspecified atom stereocenters. The summed E-state index contributed by atoms with van der Waals surface area (Å²) in [7, 11) is 0. The molecule has 1 saturated carbocycles. The van der Waals surface area contributed by atoms with Crippen LogP contribution in [0.3, 0.4) is 0 Å². The van der Waals surface area contributed by atoms with Crippen LogP contribution in [0.2, 0.25) is 0 Å². The van der Waals surface area contributed by atoms with Gasteiger partial charge in [0, 0.05) is 32.9 Å². The first-order valence-electron chi connectivity index (χ1n) is 17.7. The normalized spacial score (nSPS) is 14.4. The van der Waals surface area contributed by atoms with Crippen LogP contribution in [0.15, 0.2) is 138 Å². The fraction of sp³-hybridized carbons (Fsp3) is 0.130. The number of rotatable bonds is 4. The number of benzene rings is 6. The summed E-state index contributed by atoms with van der Waals surface area (Å²) < 4.78 is 6.22. The first kappa shape index (κ1) is 29.5. The number of aromatic nitrogens is 3. The predicted molar refractivity (Wildman–Crippen MR) is 203 cm³/mol. The maximum atomic E-state index is 9.79. The lowest BCUT2D eigenvalue weighted by molar-refractivity contribution is 0.353. The number of hydrogen-bond donors (Lipinski definition) is 0. The number of hydrogen-bond acceptors (Lipinski definition) is 5. The lowest BCUT2D eigenvalue weighted by Crippen LogP contribution is -2.28. The molecule has 2 heterocycles. The first-order valence-corrected chi connectivity index (χ1v) is 17.7. The summed E-state index contributed by atoms with van der Waals surface area (Å²) in [4.78, 5) is 15.0. The van der Waals surface area contributed by atoms with Crippen molar-refractivity contribution < 1.29 is 4.42 Å². The third-order valence-corrected chi connectivity index (χ3v) is 11.0. The van der Waals surface area contributed by atoms with Crippen LogP contribution in [0.4, 0.5) is 0 Å². The molecule has 0 aliphatic heterocycles. The summed E-state index contributed by atoms with van der Waals surface area (Å²) in [6.07, 6.45) is 5.85. The van der Waals surface area contributed by atoms with Crippen LogP contribution in [0.5, 0.6) is 0 Å². The Morgan fingerprint density at radius 3 is 1.94 bits per heavy atom. The van der Waals surface area contributed by atoms with Gasteiger partial charge in [-0.2, -0.15) is 5.26 Å². The lowest BCUT2D eigenvalue weighted by Gasteiger charge is -2.37. The Balaban J connectivity index is 1.08. The van der Waals surface area contributed by atoms with Crippen molar-refractivity contribution in [3.05, 3.63) is 150 Å². The van der Waals surface area contributed by atoms with E-state index in [1.165, 1.54) is 52.6 Å². The molecule has 0 bridgehead atoms.